The average Bonchev–Trinajstić information content (AvgIpc) is 2.75. The van der Waals surface area contributed by atoms with Gasteiger partial charge in [0.2, 0.25) is 0 Å². The zero-order valence-electron chi connectivity index (χ0n) is 15.7. The molecule has 0 aliphatic carbocycles. The summed E-state index contributed by atoms with van der Waals surface area (Å²) in [6, 6.07) is 24.1. The van der Waals surface area contributed by atoms with Crippen molar-refractivity contribution in [1.29, 1.82) is 0 Å². The van der Waals surface area contributed by atoms with Crippen LogP contribution in [-0.2, 0) is 4.79 Å². The smallest absolute Gasteiger partial charge is 0.328 e. The van der Waals surface area contributed by atoms with Gasteiger partial charge in [0.15, 0.2) is 0 Å². The van der Waals surface area contributed by atoms with Crippen LogP contribution in [0.25, 0.3) is 28.0 Å². The van der Waals surface area contributed by atoms with E-state index in [-0.39, 0.29) is 10.8 Å². The van der Waals surface area contributed by atoms with Crippen molar-refractivity contribution < 1.29 is 19.7 Å². The number of hydrogen-bond donors (Lipinski definition) is 2. The van der Waals surface area contributed by atoms with Crippen molar-refractivity contribution >= 4 is 34.4 Å². The number of carbonyl (C=O) groups is 1. The van der Waals surface area contributed by atoms with Crippen LogP contribution < -0.4 is 4.74 Å². The Morgan fingerprint density at radius 2 is 1.70 bits per heavy atom. The van der Waals surface area contributed by atoms with Gasteiger partial charge in [-0.05, 0) is 52.9 Å². The number of phenols is 1. The van der Waals surface area contributed by atoms with Gasteiger partial charge in [-0.25, -0.2) is 4.79 Å². The van der Waals surface area contributed by atoms with Gasteiger partial charge < -0.3 is 14.9 Å². The van der Waals surface area contributed by atoms with Gasteiger partial charge in [-0.15, -0.1) is 0 Å². The number of hydrogen-bond acceptors (Lipinski definition) is 3. The van der Waals surface area contributed by atoms with Crippen molar-refractivity contribution in [2.75, 3.05) is 0 Å². The van der Waals surface area contributed by atoms with Crippen LogP contribution in [0, 0.1) is 0 Å². The van der Waals surface area contributed by atoms with E-state index in [1.54, 1.807) is 42.5 Å². The highest BCUT2D eigenvalue weighted by molar-refractivity contribution is 6.32. The lowest BCUT2D eigenvalue weighted by molar-refractivity contribution is -0.131. The van der Waals surface area contributed by atoms with Crippen LogP contribution >= 0.6 is 11.6 Å². The molecule has 0 aliphatic rings. The summed E-state index contributed by atoms with van der Waals surface area (Å²) in [4.78, 5) is 10.7. The second kappa shape index (κ2) is 8.31. The molecule has 0 bridgehead atoms. The van der Waals surface area contributed by atoms with Crippen molar-refractivity contribution in [2.45, 2.75) is 0 Å². The number of halogens is 1. The lowest BCUT2D eigenvalue weighted by atomic mass is 9.99. The van der Waals surface area contributed by atoms with Gasteiger partial charge in [0, 0.05) is 17.0 Å². The molecule has 4 nitrogen and oxygen atoms in total. The zero-order valence-corrected chi connectivity index (χ0v) is 16.5. The molecule has 0 atom stereocenters. The number of aromatic hydroxyl groups is 1. The zero-order chi connectivity index (χ0) is 21.1. The first kappa shape index (κ1) is 19.6. The van der Waals surface area contributed by atoms with Crippen LogP contribution in [0.2, 0.25) is 5.02 Å². The van der Waals surface area contributed by atoms with E-state index in [4.69, 9.17) is 21.4 Å². The minimum Gasteiger partial charge on any atom is -0.506 e. The number of aliphatic carboxylic acids is 1. The summed E-state index contributed by atoms with van der Waals surface area (Å²) >= 11 is 6.12. The first-order chi connectivity index (χ1) is 14.5. The van der Waals surface area contributed by atoms with E-state index in [0.29, 0.717) is 11.5 Å². The first-order valence-electron chi connectivity index (χ1n) is 9.21. The van der Waals surface area contributed by atoms with E-state index in [9.17, 15) is 9.90 Å². The summed E-state index contributed by atoms with van der Waals surface area (Å²) in [6.45, 7) is 0. The Hall–Kier alpha value is -3.76. The molecule has 0 unspecified atom stereocenters. The largest absolute Gasteiger partial charge is 0.506 e. The van der Waals surface area contributed by atoms with Gasteiger partial charge in [0.1, 0.15) is 17.2 Å². The maximum absolute atomic E-state index is 10.7. The normalized spacial score (nSPS) is 11.1. The molecule has 4 rings (SSSR count). The molecule has 0 heterocycles. The van der Waals surface area contributed by atoms with Gasteiger partial charge >= 0.3 is 5.97 Å². The second-order valence-electron chi connectivity index (χ2n) is 6.67. The molecule has 0 radical (unpaired) electrons. The quantitative estimate of drug-likeness (QED) is 0.353. The Morgan fingerprint density at radius 3 is 2.43 bits per heavy atom. The summed E-state index contributed by atoms with van der Waals surface area (Å²) in [5.41, 5.74) is 2.42. The lowest BCUT2D eigenvalue weighted by Gasteiger charge is -2.15. The predicted molar refractivity (Wildman–Crippen MR) is 119 cm³/mol. The van der Waals surface area contributed by atoms with Gasteiger partial charge in [-0.2, -0.15) is 0 Å². The predicted octanol–water partition coefficient (Wildman–Crippen LogP) is 6.76. The molecular formula is C25H17ClO4. The molecular weight excluding hydrogens is 400 g/mol. The van der Waals surface area contributed by atoms with Gasteiger partial charge in [0.05, 0.1) is 5.02 Å². The minimum atomic E-state index is -0.997. The lowest BCUT2D eigenvalue weighted by Crippen LogP contribution is -1.91. The van der Waals surface area contributed by atoms with Crippen LogP contribution in [0.4, 0.5) is 0 Å². The number of fused-ring (bicyclic) bond motifs is 1. The van der Waals surface area contributed by atoms with Crippen LogP contribution in [-0.4, -0.2) is 16.2 Å². The Balaban J connectivity index is 1.78. The molecule has 0 spiro atoms. The van der Waals surface area contributed by atoms with E-state index in [2.05, 4.69) is 0 Å². The fraction of sp³-hybridized carbons (Fsp3) is 0. The molecule has 0 saturated carbocycles. The first-order valence-corrected chi connectivity index (χ1v) is 9.58. The molecule has 148 valence electrons. The topological polar surface area (TPSA) is 66.8 Å². The SMILES string of the molecule is O=C(O)C=Cc1ccc(Oc2c(-c3ccc(O)c(Cl)c3)ccc3ccccc23)cc1. The van der Waals surface area contributed by atoms with Crippen LogP contribution in [0.3, 0.4) is 0 Å². The highest BCUT2D eigenvalue weighted by Crippen LogP contribution is 2.41. The molecule has 2 N–H and O–H groups in total. The second-order valence-corrected chi connectivity index (χ2v) is 7.08. The number of benzene rings is 4. The Morgan fingerprint density at radius 1 is 0.933 bits per heavy atom. The number of rotatable bonds is 5. The summed E-state index contributed by atoms with van der Waals surface area (Å²) in [5, 5.41) is 20.8. The summed E-state index contributed by atoms with van der Waals surface area (Å²) in [7, 11) is 0. The number of phenolic OH excluding ortho intramolecular Hbond substituents is 1. The van der Waals surface area contributed by atoms with E-state index in [0.717, 1.165) is 33.5 Å². The highest BCUT2D eigenvalue weighted by atomic mass is 35.5. The fourth-order valence-electron chi connectivity index (χ4n) is 3.19. The third-order valence-electron chi connectivity index (χ3n) is 4.66. The highest BCUT2D eigenvalue weighted by Gasteiger charge is 2.13. The molecule has 4 aromatic rings. The van der Waals surface area contributed by atoms with Crippen molar-refractivity contribution in [3.8, 4) is 28.4 Å². The van der Waals surface area contributed by atoms with E-state index >= 15 is 0 Å². The third kappa shape index (κ3) is 4.14. The van der Waals surface area contributed by atoms with Crippen LogP contribution in [0.5, 0.6) is 17.2 Å². The Labute approximate surface area is 178 Å². The Kier molecular flexibility index (Phi) is 5.42. The number of carboxylic acids is 1. The molecule has 0 amide bonds. The third-order valence-corrected chi connectivity index (χ3v) is 4.96. The molecule has 0 aromatic heterocycles. The van der Waals surface area contributed by atoms with Crippen molar-refractivity contribution in [3.05, 3.63) is 95.5 Å². The van der Waals surface area contributed by atoms with Gasteiger partial charge in [-0.1, -0.05) is 60.1 Å². The molecule has 4 aromatic carbocycles. The summed E-state index contributed by atoms with van der Waals surface area (Å²) < 4.78 is 6.28. The standard InChI is InChI=1S/C25H17ClO4/c26-22-15-18(9-13-23(22)27)21-12-8-17-3-1-2-4-20(17)25(21)30-19-10-5-16(6-11-19)7-14-24(28)29/h1-15,27H,(H,28,29). The van der Waals surface area contributed by atoms with E-state index < -0.39 is 5.97 Å². The Bertz CT molecular complexity index is 1260. The fourth-order valence-corrected chi connectivity index (χ4v) is 3.37. The molecule has 0 fully saturated rings. The number of carboxylic acid groups (broad SMARTS) is 1. The molecule has 0 saturated heterocycles. The summed E-state index contributed by atoms with van der Waals surface area (Å²) in [6.07, 6.45) is 2.61. The maximum Gasteiger partial charge on any atom is 0.328 e. The van der Waals surface area contributed by atoms with Crippen molar-refractivity contribution in [3.63, 3.8) is 0 Å². The summed E-state index contributed by atoms with van der Waals surface area (Å²) in [5.74, 6) is 0.311. The maximum atomic E-state index is 10.7. The van der Waals surface area contributed by atoms with Crippen molar-refractivity contribution in [2.24, 2.45) is 0 Å². The monoisotopic (exact) mass is 416 g/mol. The minimum absolute atomic E-state index is 0.0219. The van der Waals surface area contributed by atoms with Crippen LogP contribution in [0.1, 0.15) is 5.56 Å². The molecule has 0 aliphatic heterocycles. The average molecular weight is 417 g/mol. The van der Waals surface area contributed by atoms with Gasteiger partial charge in [-0.3, -0.25) is 0 Å². The van der Waals surface area contributed by atoms with Gasteiger partial charge in [0.25, 0.3) is 0 Å². The van der Waals surface area contributed by atoms with E-state index in [1.807, 2.05) is 36.4 Å². The molecule has 5 heteroatoms. The molecule has 30 heavy (non-hydrogen) atoms. The van der Waals surface area contributed by atoms with Crippen molar-refractivity contribution in [1.82, 2.24) is 0 Å². The van der Waals surface area contributed by atoms with E-state index in [1.165, 1.54) is 6.08 Å². The van der Waals surface area contributed by atoms with Crippen LogP contribution in [0.15, 0.2) is 84.9 Å². The number of ether oxygens (including phenoxy) is 1.